The molecule has 0 aliphatic carbocycles. The first-order valence-electron chi connectivity index (χ1n) is 9.82. The van der Waals surface area contributed by atoms with Gasteiger partial charge in [0.15, 0.2) is 5.82 Å². The number of hydrogen-bond donors (Lipinski definition) is 3. The summed E-state index contributed by atoms with van der Waals surface area (Å²) in [6.07, 6.45) is 2.77. The predicted octanol–water partition coefficient (Wildman–Crippen LogP) is 1.06. The number of carbonyl (C=O) groups is 1. The summed E-state index contributed by atoms with van der Waals surface area (Å²) >= 11 is 0. The van der Waals surface area contributed by atoms with Crippen molar-refractivity contribution in [2.75, 3.05) is 32.2 Å². The summed E-state index contributed by atoms with van der Waals surface area (Å²) < 4.78 is 26.6. The van der Waals surface area contributed by atoms with Crippen LogP contribution in [0.3, 0.4) is 0 Å². The molecule has 11 nitrogen and oxygen atoms in total. The van der Waals surface area contributed by atoms with Crippen molar-refractivity contribution in [3.8, 4) is 11.4 Å². The number of pyridine rings is 2. The van der Waals surface area contributed by atoms with Gasteiger partial charge in [-0.25, -0.2) is 28.1 Å². The molecule has 0 saturated heterocycles. The van der Waals surface area contributed by atoms with E-state index in [0.29, 0.717) is 22.9 Å². The predicted molar refractivity (Wildman–Crippen MR) is 122 cm³/mol. The molecule has 0 unspecified atom stereocenters. The lowest BCUT2D eigenvalue weighted by atomic mass is 10.2. The topological polar surface area (TPSA) is 138 Å². The van der Waals surface area contributed by atoms with Gasteiger partial charge in [-0.2, -0.15) is 0 Å². The van der Waals surface area contributed by atoms with Crippen LogP contribution in [-0.2, 0) is 28.4 Å². The van der Waals surface area contributed by atoms with Crippen LogP contribution in [0.2, 0.25) is 0 Å². The Morgan fingerprint density at radius 2 is 2.06 bits per heavy atom. The molecule has 3 N–H and O–H groups in total. The van der Waals surface area contributed by atoms with Gasteiger partial charge in [-0.3, -0.25) is 4.79 Å². The number of rotatable bonds is 7. The third-order valence-corrected chi connectivity index (χ3v) is 5.74. The van der Waals surface area contributed by atoms with E-state index in [-0.39, 0.29) is 19.0 Å². The minimum absolute atomic E-state index is 0.243. The fourth-order valence-corrected chi connectivity index (χ4v) is 3.87. The maximum atomic E-state index is 12.2. The van der Waals surface area contributed by atoms with Crippen molar-refractivity contribution in [3.63, 3.8) is 0 Å². The highest BCUT2D eigenvalue weighted by molar-refractivity contribution is 7.88. The molecule has 0 fully saturated rings. The summed E-state index contributed by atoms with van der Waals surface area (Å²) in [6.45, 7) is -0.0519. The Morgan fingerprint density at radius 3 is 2.78 bits per heavy atom. The summed E-state index contributed by atoms with van der Waals surface area (Å²) in [5.41, 5.74) is 4.63. The summed E-state index contributed by atoms with van der Waals surface area (Å²) in [7, 11) is 1.91. The molecule has 168 valence electrons. The molecule has 0 spiro atoms. The van der Waals surface area contributed by atoms with Crippen LogP contribution in [0.15, 0.2) is 30.6 Å². The van der Waals surface area contributed by atoms with Crippen LogP contribution in [0.25, 0.3) is 33.5 Å². The monoisotopic (exact) mass is 456 g/mol. The molecule has 0 bridgehead atoms. The summed E-state index contributed by atoms with van der Waals surface area (Å²) in [5, 5.41) is 4.01. The van der Waals surface area contributed by atoms with Gasteiger partial charge in [0.25, 0.3) is 0 Å². The minimum Gasteiger partial charge on any atom is -0.371 e. The van der Waals surface area contributed by atoms with E-state index in [4.69, 9.17) is 0 Å². The molecular weight excluding hydrogens is 432 g/mol. The van der Waals surface area contributed by atoms with Crippen LogP contribution in [0.5, 0.6) is 0 Å². The number of aromatic amines is 1. The number of hydrogen-bond acceptors (Lipinski definition) is 7. The minimum atomic E-state index is -3.43. The van der Waals surface area contributed by atoms with Crippen LogP contribution in [-0.4, -0.2) is 70.6 Å². The van der Waals surface area contributed by atoms with E-state index < -0.39 is 10.0 Å². The summed E-state index contributed by atoms with van der Waals surface area (Å²) in [5.74, 6) is 0.335. The first-order valence-corrected chi connectivity index (χ1v) is 11.7. The Morgan fingerprint density at radius 1 is 1.28 bits per heavy atom. The lowest BCUT2D eigenvalue weighted by Crippen LogP contribution is -2.37. The van der Waals surface area contributed by atoms with E-state index >= 15 is 0 Å². The molecule has 4 aromatic rings. The fourth-order valence-electron chi connectivity index (χ4n) is 3.49. The van der Waals surface area contributed by atoms with Crippen molar-refractivity contribution < 1.29 is 13.2 Å². The van der Waals surface area contributed by atoms with Crippen LogP contribution < -0.4 is 10.0 Å². The van der Waals surface area contributed by atoms with Gasteiger partial charge in [0, 0.05) is 26.5 Å². The molecule has 0 aromatic carbocycles. The summed E-state index contributed by atoms with van der Waals surface area (Å²) in [6, 6.07) is 7.54. The van der Waals surface area contributed by atoms with Crippen LogP contribution in [0.4, 0.5) is 5.82 Å². The molecule has 0 saturated carbocycles. The lowest BCUT2D eigenvalue weighted by Gasteiger charge is -2.17. The molecule has 4 rings (SSSR count). The largest absolute Gasteiger partial charge is 0.371 e. The second-order valence-corrected chi connectivity index (χ2v) is 9.40. The van der Waals surface area contributed by atoms with Crippen molar-refractivity contribution in [1.82, 2.24) is 34.1 Å². The molecule has 0 aliphatic rings. The van der Waals surface area contributed by atoms with Crippen molar-refractivity contribution in [2.45, 2.75) is 6.54 Å². The van der Waals surface area contributed by atoms with Gasteiger partial charge < -0.3 is 19.8 Å². The van der Waals surface area contributed by atoms with Crippen molar-refractivity contribution in [3.05, 3.63) is 36.3 Å². The van der Waals surface area contributed by atoms with E-state index in [2.05, 4.69) is 30.0 Å². The lowest BCUT2D eigenvalue weighted by molar-refractivity contribution is -0.129. The zero-order valence-corrected chi connectivity index (χ0v) is 19.0. The van der Waals surface area contributed by atoms with Gasteiger partial charge in [0.05, 0.1) is 48.3 Å². The molecule has 0 atom stereocenters. The summed E-state index contributed by atoms with van der Waals surface area (Å²) in [4.78, 5) is 30.7. The molecule has 0 aliphatic heterocycles. The Bertz CT molecular complexity index is 1420. The number of nitrogens with zero attached hydrogens (tertiary/aromatic N) is 5. The second kappa shape index (κ2) is 8.20. The molecule has 4 heterocycles. The average Bonchev–Trinajstić information content (AvgIpc) is 3.34. The molecule has 4 aromatic heterocycles. The number of sulfonamides is 1. The van der Waals surface area contributed by atoms with Gasteiger partial charge in [0.2, 0.25) is 15.9 Å². The molecule has 0 radical (unpaired) electrons. The van der Waals surface area contributed by atoms with Crippen LogP contribution >= 0.6 is 0 Å². The van der Waals surface area contributed by atoms with E-state index in [1.165, 1.54) is 4.90 Å². The van der Waals surface area contributed by atoms with E-state index in [9.17, 15) is 13.2 Å². The maximum Gasteiger partial charge on any atom is 0.237 e. The number of aromatic nitrogens is 5. The fraction of sp³-hybridized carbons (Fsp3) is 0.300. The first kappa shape index (κ1) is 21.7. The third kappa shape index (κ3) is 4.27. The van der Waals surface area contributed by atoms with Crippen molar-refractivity contribution in [2.24, 2.45) is 7.05 Å². The number of fused-ring (bicyclic) bond motifs is 3. The molecule has 12 heteroatoms. The molecule has 1 amide bonds. The van der Waals surface area contributed by atoms with E-state index in [0.717, 1.165) is 28.4 Å². The Hall–Kier alpha value is -3.51. The number of nitrogens with one attached hydrogen (secondary N) is 3. The van der Waals surface area contributed by atoms with E-state index in [1.54, 1.807) is 20.4 Å². The SMILES string of the molecule is CNc1nc2[nH]c(-c3cccc(CN(C)C(=O)CNS(C)(=O)=O)n3)cc2c2c1ncn2C. The highest BCUT2D eigenvalue weighted by Gasteiger charge is 2.16. The number of likely N-dealkylation sites (N-methyl/N-ethyl adjacent to an activating group) is 1. The average molecular weight is 457 g/mol. The van der Waals surface area contributed by atoms with Crippen molar-refractivity contribution >= 4 is 43.8 Å². The standard InChI is InChI=1S/C20H24N8O3S/c1-21-20-17-18(28(3)11-22-17)13-8-15(25-19(13)26-20)14-7-5-6-12(24-14)10-27(2)16(29)9-23-32(4,30)31/h5-8,11,23H,9-10H2,1-4H3,(H2,21,25,26). The van der Waals surface area contributed by atoms with Gasteiger partial charge in [-0.15, -0.1) is 0 Å². The van der Waals surface area contributed by atoms with Gasteiger partial charge in [-0.1, -0.05) is 6.07 Å². The van der Waals surface area contributed by atoms with Crippen LogP contribution in [0.1, 0.15) is 5.69 Å². The maximum absolute atomic E-state index is 12.2. The zero-order valence-electron chi connectivity index (χ0n) is 18.2. The molecular formula is C20H24N8O3S. The number of imidazole rings is 1. The Kier molecular flexibility index (Phi) is 5.57. The highest BCUT2D eigenvalue weighted by Crippen LogP contribution is 2.31. The smallest absolute Gasteiger partial charge is 0.237 e. The third-order valence-electron chi connectivity index (χ3n) is 5.07. The Balaban J connectivity index is 1.63. The number of amides is 1. The number of anilines is 1. The second-order valence-electron chi connectivity index (χ2n) is 7.57. The van der Waals surface area contributed by atoms with E-state index in [1.807, 2.05) is 35.9 Å². The van der Waals surface area contributed by atoms with Gasteiger partial charge in [0.1, 0.15) is 11.2 Å². The van der Waals surface area contributed by atoms with Gasteiger partial charge >= 0.3 is 0 Å². The zero-order chi connectivity index (χ0) is 23.0. The number of aryl methyl sites for hydroxylation is 1. The molecule has 32 heavy (non-hydrogen) atoms. The van der Waals surface area contributed by atoms with Crippen LogP contribution in [0, 0.1) is 0 Å². The Labute approximate surface area is 184 Å². The number of carbonyl (C=O) groups excluding carboxylic acids is 1. The highest BCUT2D eigenvalue weighted by atomic mass is 32.2. The van der Waals surface area contributed by atoms with Crippen molar-refractivity contribution in [1.29, 1.82) is 0 Å². The van der Waals surface area contributed by atoms with Gasteiger partial charge in [-0.05, 0) is 18.2 Å². The quantitative estimate of drug-likeness (QED) is 0.378. The number of H-pyrrole nitrogens is 1. The first-order chi connectivity index (χ1) is 15.2. The normalized spacial score (nSPS) is 11.9.